The van der Waals surface area contributed by atoms with Crippen molar-refractivity contribution in [2.24, 2.45) is 0 Å². The summed E-state index contributed by atoms with van der Waals surface area (Å²) in [5.41, 5.74) is 12.2. The normalized spacial score (nSPS) is 14.9. The molecule has 4 heteroatoms. The first-order valence-electron chi connectivity index (χ1n) is 2.00. The molecular weight excluding hydrogens is 94.1 g/mol. The maximum Gasteiger partial charge on any atom is 0.0488 e. The van der Waals surface area contributed by atoms with Gasteiger partial charge in [-0.25, -0.2) is 0 Å². The summed E-state index contributed by atoms with van der Waals surface area (Å²) >= 11 is 0. The van der Waals surface area contributed by atoms with Crippen LogP contribution in [0.5, 0.6) is 0 Å². The van der Waals surface area contributed by atoms with Gasteiger partial charge in [0.25, 0.3) is 0 Å². The second-order valence-electron chi connectivity index (χ2n) is 1.07. The van der Waals surface area contributed by atoms with Gasteiger partial charge < -0.3 is 4.74 Å². The second kappa shape index (κ2) is 5.27. The quantitative estimate of drug-likeness (QED) is 0.278. The zero-order valence-electron chi connectivity index (χ0n) is 3.92. The number of nitrogens with one attached hydrogen (secondary N) is 1. The van der Waals surface area contributed by atoms with E-state index in [1.54, 1.807) is 4.91 Å². The van der Waals surface area contributed by atoms with E-state index in [0.717, 1.165) is 13.2 Å². The number of nitrogens with zero attached hydrogens (tertiary/aromatic N) is 2. The molecule has 1 aliphatic heterocycles. The van der Waals surface area contributed by atoms with Crippen molar-refractivity contribution in [3.63, 3.8) is 0 Å². The first-order valence-corrected chi connectivity index (χ1v) is 2.00. The Morgan fingerprint density at radius 3 is 1.71 bits per heavy atom. The van der Waals surface area contributed by atoms with Gasteiger partial charge in [-0.15, -0.1) is 5.53 Å². The molecule has 40 valence electrons. The molecule has 0 aromatic carbocycles. The highest BCUT2D eigenvalue weighted by Crippen LogP contribution is 1.93. The molecule has 1 rings (SSSR count). The van der Waals surface area contributed by atoms with Gasteiger partial charge in [0.15, 0.2) is 0 Å². The molecule has 0 aromatic heterocycles. The van der Waals surface area contributed by atoms with Gasteiger partial charge in [-0.05, 0) is 16.9 Å². The third-order valence-electron chi connectivity index (χ3n) is 0.577. The lowest BCUT2D eigenvalue weighted by molar-refractivity contribution is 0.0367. The molecule has 0 spiro atoms. The topological polar surface area (TPSA) is 69.5 Å². The Kier molecular flexibility index (Phi) is 4.72. The Bertz CT molecular complexity index is 58.6. The summed E-state index contributed by atoms with van der Waals surface area (Å²) in [7, 11) is 0. The van der Waals surface area contributed by atoms with Crippen LogP contribution in [0.1, 0.15) is 6.42 Å². The van der Waals surface area contributed by atoms with E-state index < -0.39 is 0 Å². The van der Waals surface area contributed by atoms with E-state index in [0.29, 0.717) is 0 Å². The fourth-order valence-electron chi connectivity index (χ4n) is 0.144. The average Bonchev–Trinajstić information content (AvgIpc) is 1.27. The number of rotatable bonds is 0. The van der Waals surface area contributed by atoms with E-state index in [-0.39, 0.29) is 0 Å². The summed E-state index contributed by atoms with van der Waals surface area (Å²) < 4.78 is 4.72. The van der Waals surface area contributed by atoms with Crippen LogP contribution in [0.2, 0.25) is 0 Å². The van der Waals surface area contributed by atoms with Gasteiger partial charge >= 0.3 is 0 Å². The van der Waals surface area contributed by atoms with Gasteiger partial charge in [-0.1, -0.05) is 0 Å². The molecule has 0 unspecified atom stereocenters. The molecule has 1 fully saturated rings. The van der Waals surface area contributed by atoms with Gasteiger partial charge in [-0.2, -0.15) is 0 Å². The largest absolute Gasteiger partial charge is 0.381 e. The van der Waals surface area contributed by atoms with Crippen molar-refractivity contribution in [1.29, 1.82) is 5.53 Å². The Balaban J connectivity index is 0.000000110. The van der Waals surface area contributed by atoms with Crippen LogP contribution < -0.4 is 0 Å². The Morgan fingerprint density at radius 2 is 1.71 bits per heavy atom. The Hall–Kier alpha value is -0.730. The highest BCUT2D eigenvalue weighted by molar-refractivity contribution is 4.41. The standard InChI is InChI=1S/C3H6O.HN3/c1-2-4-3-1;1-3-2/h1-3H2;1H. The summed E-state index contributed by atoms with van der Waals surface area (Å²) in [5.74, 6) is 0. The molecule has 7 heavy (non-hydrogen) atoms. The summed E-state index contributed by atoms with van der Waals surface area (Å²) in [6.07, 6.45) is 1.28. The first kappa shape index (κ1) is 6.27. The molecule has 0 bridgehead atoms. The van der Waals surface area contributed by atoms with E-state index in [9.17, 15) is 0 Å². The summed E-state index contributed by atoms with van der Waals surface area (Å²) in [6, 6.07) is 0. The molecule has 0 radical (unpaired) electrons. The van der Waals surface area contributed by atoms with Gasteiger partial charge in [0, 0.05) is 13.2 Å². The molecule has 0 atom stereocenters. The van der Waals surface area contributed by atoms with Crippen molar-refractivity contribution >= 4 is 0 Å². The van der Waals surface area contributed by atoms with Crippen LogP contribution in [0.25, 0.3) is 10.4 Å². The third-order valence-corrected chi connectivity index (χ3v) is 0.577. The van der Waals surface area contributed by atoms with Crippen LogP contribution in [0.15, 0.2) is 0 Å². The maximum atomic E-state index is 6.86. The minimum Gasteiger partial charge on any atom is -0.381 e. The van der Waals surface area contributed by atoms with Crippen LogP contribution in [0, 0.1) is 5.53 Å². The summed E-state index contributed by atoms with van der Waals surface area (Å²) in [6.45, 7) is 2.00. The smallest absolute Gasteiger partial charge is 0.0488 e. The first-order chi connectivity index (χ1) is 3.41. The van der Waals surface area contributed by atoms with E-state index >= 15 is 0 Å². The lowest BCUT2D eigenvalue weighted by Gasteiger charge is -2.09. The fourth-order valence-corrected chi connectivity index (χ4v) is 0.144. The second-order valence-corrected chi connectivity index (χ2v) is 1.07. The molecule has 1 saturated heterocycles. The van der Waals surface area contributed by atoms with Crippen LogP contribution in [0.4, 0.5) is 0 Å². The minimum atomic E-state index is 1.00. The molecule has 1 aliphatic rings. The van der Waals surface area contributed by atoms with Gasteiger partial charge in [-0.3, -0.25) is 0 Å². The number of hydrogen-bond acceptors (Lipinski definition) is 2. The molecule has 0 amide bonds. The molecule has 4 nitrogen and oxygen atoms in total. The van der Waals surface area contributed by atoms with Crippen molar-refractivity contribution in [2.45, 2.75) is 6.42 Å². The molecule has 0 aliphatic carbocycles. The van der Waals surface area contributed by atoms with Gasteiger partial charge in [0.2, 0.25) is 0 Å². The van der Waals surface area contributed by atoms with Crippen molar-refractivity contribution in [1.82, 2.24) is 0 Å². The molecule has 0 aromatic rings. The zero-order chi connectivity index (χ0) is 5.54. The van der Waals surface area contributed by atoms with Crippen molar-refractivity contribution in [2.75, 3.05) is 13.2 Å². The highest BCUT2D eigenvalue weighted by atomic mass is 16.5. The van der Waals surface area contributed by atoms with Crippen LogP contribution in [0.3, 0.4) is 0 Å². The van der Waals surface area contributed by atoms with E-state index in [1.807, 2.05) is 0 Å². The fraction of sp³-hybridized carbons (Fsp3) is 1.00. The lowest BCUT2D eigenvalue weighted by atomic mass is 10.4. The van der Waals surface area contributed by atoms with E-state index in [4.69, 9.17) is 15.8 Å². The Morgan fingerprint density at radius 1 is 1.57 bits per heavy atom. The van der Waals surface area contributed by atoms with Crippen molar-refractivity contribution < 1.29 is 4.74 Å². The van der Waals surface area contributed by atoms with Crippen molar-refractivity contribution in [3.05, 3.63) is 10.4 Å². The monoisotopic (exact) mass is 101 g/mol. The number of hydrogen-bond donors (Lipinski definition) is 1. The predicted molar refractivity (Wildman–Crippen MR) is 24.9 cm³/mol. The highest BCUT2D eigenvalue weighted by Gasteiger charge is 1.94. The number of ether oxygens (including phenoxy) is 1. The molecule has 0 saturated carbocycles. The maximum absolute atomic E-state index is 6.86. The molecular formula is C3H7N3O. The van der Waals surface area contributed by atoms with Gasteiger partial charge in [0.1, 0.15) is 0 Å². The molecule has 1 N–H and O–H groups in total. The minimum absolute atomic E-state index is 1.00. The molecule has 1 heterocycles. The Labute approximate surface area is 41.5 Å². The van der Waals surface area contributed by atoms with E-state index in [1.165, 1.54) is 6.42 Å². The SMILES string of the molecule is C1COC1.[N-]=[N+]=N. The van der Waals surface area contributed by atoms with Crippen LogP contribution >= 0.6 is 0 Å². The summed E-state index contributed by atoms with van der Waals surface area (Å²) in [5, 5.41) is 0. The van der Waals surface area contributed by atoms with Crippen molar-refractivity contribution in [3.8, 4) is 0 Å². The predicted octanol–water partition coefficient (Wildman–Crippen LogP) is 1.28. The third kappa shape index (κ3) is 5.27. The average molecular weight is 101 g/mol. The van der Waals surface area contributed by atoms with Gasteiger partial charge in [0.05, 0.1) is 0 Å². The zero-order valence-corrected chi connectivity index (χ0v) is 3.92. The van der Waals surface area contributed by atoms with Crippen LogP contribution in [-0.2, 0) is 4.74 Å². The van der Waals surface area contributed by atoms with E-state index in [2.05, 4.69) is 0 Å². The lowest BCUT2D eigenvalue weighted by Crippen LogP contribution is -2.09. The van der Waals surface area contributed by atoms with Crippen LogP contribution in [-0.4, -0.2) is 13.2 Å². The summed E-state index contributed by atoms with van der Waals surface area (Å²) in [4.78, 5) is 1.75.